The Hall–Kier alpha value is -1.03. The predicted octanol–water partition coefficient (Wildman–Crippen LogP) is 0.449. The number of rotatable bonds is 2. The van der Waals surface area contributed by atoms with Crippen molar-refractivity contribution >= 4 is 16.6 Å². The van der Waals surface area contributed by atoms with Crippen molar-refractivity contribution < 1.29 is 8.42 Å². The van der Waals surface area contributed by atoms with Crippen molar-refractivity contribution in [3.05, 3.63) is 30.3 Å². The van der Waals surface area contributed by atoms with E-state index in [1.807, 2.05) is 0 Å². The van der Waals surface area contributed by atoms with Gasteiger partial charge in [-0.15, -0.1) is 0 Å². The Bertz CT molecular complexity index is 287. The zero-order valence-corrected chi connectivity index (χ0v) is 6.91. The first-order chi connectivity index (χ1) is 5.22. The van der Waals surface area contributed by atoms with E-state index >= 15 is 0 Å². The Morgan fingerprint density at radius 3 is 2.73 bits per heavy atom. The Kier molecular flexibility index (Phi) is 2.48. The summed E-state index contributed by atoms with van der Waals surface area (Å²) < 4.78 is 22.1. The summed E-state index contributed by atoms with van der Waals surface area (Å²) in [5.41, 5.74) is 0.628. The molecule has 0 heterocycles. The molecule has 4 heteroatoms. The number of anilines is 1. The molecule has 0 fully saturated rings. The molecule has 11 heavy (non-hydrogen) atoms. The fourth-order valence-electron chi connectivity index (χ4n) is 0.679. The van der Waals surface area contributed by atoms with Crippen molar-refractivity contribution in [3.63, 3.8) is 0 Å². The number of hydrogen-bond acceptors (Lipinski definition) is 2. The smallest absolute Gasteiger partial charge is 0.224 e. The zero-order chi connectivity index (χ0) is 8.27. The quantitative estimate of drug-likeness (QED) is 0.654. The third-order valence-electron chi connectivity index (χ3n) is 1.31. The van der Waals surface area contributed by atoms with Gasteiger partial charge in [-0.1, -0.05) is 12.1 Å². The lowest BCUT2D eigenvalue weighted by Gasteiger charge is -2.09. The molecule has 59 valence electrons. The average molecular weight is 170 g/mol. The molecule has 1 aromatic rings. The molecule has 0 aliphatic rings. The highest BCUT2D eigenvalue weighted by atomic mass is 32.2. The van der Waals surface area contributed by atoms with Gasteiger partial charge in [0.15, 0.2) is 0 Å². The molecule has 0 atom stereocenters. The average Bonchev–Trinajstić information content (AvgIpc) is 2.05. The standard InChI is InChI=1S/C7H8NO2S/c1-8(11(9)10)7-5-3-2-4-6-7/h2-3,5-6,11H,1H3. The maximum atomic E-state index is 10.4. The van der Waals surface area contributed by atoms with Crippen LogP contribution in [0.2, 0.25) is 0 Å². The van der Waals surface area contributed by atoms with Gasteiger partial charge in [-0.05, 0) is 18.2 Å². The molecule has 0 unspecified atom stereocenters. The van der Waals surface area contributed by atoms with E-state index in [-0.39, 0.29) is 0 Å². The Morgan fingerprint density at radius 1 is 1.55 bits per heavy atom. The molecule has 0 spiro atoms. The van der Waals surface area contributed by atoms with E-state index in [1.165, 1.54) is 11.4 Å². The molecule has 0 saturated carbocycles. The summed E-state index contributed by atoms with van der Waals surface area (Å²) in [6.07, 6.45) is 0. The molecular formula is C7H8NO2S. The minimum atomic E-state index is -2.52. The fourth-order valence-corrected chi connectivity index (χ4v) is 0.992. The van der Waals surface area contributed by atoms with Crippen molar-refractivity contribution in [2.24, 2.45) is 0 Å². The van der Waals surface area contributed by atoms with E-state index in [1.54, 1.807) is 24.3 Å². The van der Waals surface area contributed by atoms with Crippen molar-refractivity contribution in [3.8, 4) is 0 Å². The molecule has 0 N–H and O–H groups in total. The lowest BCUT2D eigenvalue weighted by atomic mass is 10.3. The zero-order valence-electron chi connectivity index (χ0n) is 6.02. The van der Waals surface area contributed by atoms with Crippen molar-refractivity contribution in [2.45, 2.75) is 0 Å². The molecule has 1 radical (unpaired) electrons. The number of benzene rings is 1. The van der Waals surface area contributed by atoms with Gasteiger partial charge in [0.1, 0.15) is 0 Å². The van der Waals surface area contributed by atoms with Crippen LogP contribution in [0, 0.1) is 6.07 Å². The lowest BCUT2D eigenvalue weighted by molar-refractivity contribution is 0.613. The normalized spacial score (nSPS) is 10.0. The Labute approximate surface area is 67.3 Å². The summed E-state index contributed by atoms with van der Waals surface area (Å²) in [5.74, 6) is 0. The molecule has 3 nitrogen and oxygen atoms in total. The van der Waals surface area contributed by atoms with Gasteiger partial charge in [-0.3, -0.25) is 4.31 Å². The van der Waals surface area contributed by atoms with Gasteiger partial charge in [0.25, 0.3) is 0 Å². The second-order valence-corrected chi connectivity index (χ2v) is 3.10. The summed E-state index contributed by atoms with van der Waals surface area (Å²) in [4.78, 5) is 0. The van der Waals surface area contributed by atoms with Crippen LogP contribution in [0.25, 0.3) is 0 Å². The van der Waals surface area contributed by atoms with Gasteiger partial charge in [0.2, 0.25) is 10.9 Å². The summed E-state index contributed by atoms with van der Waals surface area (Å²) in [7, 11) is -1.03. The highest BCUT2D eigenvalue weighted by molar-refractivity contribution is 7.74. The molecule has 0 aliphatic carbocycles. The summed E-state index contributed by atoms with van der Waals surface area (Å²) >= 11 is 0. The van der Waals surface area contributed by atoms with Crippen LogP contribution < -0.4 is 4.31 Å². The van der Waals surface area contributed by atoms with E-state index in [4.69, 9.17) is 0 Å². The van der Waals surface area contributed by atoms with Crippen LogP contribution in [0.3, 0.4) is 0 Å². The van der Waals surface area contributed by atoms with Crippen LogP contribution >= 0.6 is 0 Å². The van der Waals surface area contributed by atoms with E-state index < -0.39 is 10.9 Å². The predicted molar refractivity (Wildman–Crippen MR) is 44.0 cm³/mol. The third-order valence-corrected chi connectivity index (χ3v) is 2.03. The van der Waals surface area contributed by atoms with Crippen LogP contribution in [0.4, 0.5) is 5.69 Å². The highest BCUT2D eigenvalue weighted by Gasteiger charge is 1.98. The van der Waals surface area contributed by atoms with Crippen LogP contribution in [0.5, 0.6) is 0 Å². The van der Waals surface area contributed by atoms with Gasteiger partial charge in [0, 0.05) is 7.05 Å². The lowest BCUT2D eigenvalue weighted by Crippen LogP contribution is -2.13. The number of nitrogens with zero attached hydrogens (tertiary/aromatic N) is 1. The first-order valence-corrected chi connectivity index (χ1v) is 4.19. The van der Waals surface area contributed by atoms with Gasteiger partial charge < -0.3 is 0 Å². The van der Waals surface area contributed by atoms with Crippen LogP contribution in [0.1, 0.15) is 0 Å². The minimum absolute atomic E-state index is 0.628. The van der Waals surface area contributed by atoms with Gasteiger partial charge >= 0.3 is 0 Å². The summed E-state index contributed by atoms with van der Waals surface area (Å²) in [6, 6.07) is 9.57. The molecular weight excluding hydrogens is 162 g/mol. The Morgan fingerprint density at radius 2 is 2.27 bits per heavy atom. The molecule has 0 amide bonds. The molecule has 1 aromatic carbocycles. The van der Waals surface area contributed by atoms with Gasteiger partial charge in [-0.25, -0.2) is 8.42 Å². The monoisotopic (exact) mass is 170 g/mol. The van der Waals surface area contributed by atoms with Crippen LogP contribution in [-0.4, -0.2) is 15.5 Å². The SMILES string of the molecule is CN(c1c[c]ccc1)[SH](=O)=O. The second kappa shape index (κ2) is 3.39. The van der Waals surface area contributed by atoms with Crippen LogP contribution in [0.15, 0.2) is 24.3 Å². The summed E-state index contributed by atoms with van der Waals surface area (Å²) in [5, 5.41) is 0. The fraction of sp³-hybridized carbons (Fsp3) is 0.143. The second-order valence-electron chi connectivity index (χ2n) is 2.02. The van der Waals surface area contributed by atoms with E-state index in [0.717, 1.165) is 0 Å². The van der Waals surface area contributed by atoms with E-state index in [9.17, 15) is 8.42 Å². The van der Waals surface area contributed by atoms with Gasteiger partial charge in [-0.2, -0.15) is 0 Å². The minimum Gasteiger partial charge on any atom is -0.275 e. The third kappa shape index (κ3) is 1.94. The number of hydrogen-bond donors (Lipinski definition) is 1. The summed E-state index contributed by atoms with van der Waals surface area (Å²) in [6.45, 7) is 0. The van der Waals surface area contributed by atoms with Crippen LogP contribution in [-0.2, 0) is 10.9 Å². The number of thiol groups is 1. The Balaban J connectivity index is 2.94. The maximum absolute atomic E-state index is 10.4. The first-order valence-electron chi connectivity index (χ1n) is 3.06. The first kappa shape index (κ1) is 8.07. The van der Waals surface area contributed by atoms with Gasteiger partial charge in [0.05, 0.1) is 5.69 Å². The molecule has 0 bridgehead atoms. The maximum Gasteiger partial charge on any atom is 0.224 e. The van der Waals surface area contributed by atoms with E-state index in [0.29, 0.717) is 5.69 Å². The molecule has 0 aromatic heterocycles. The van der Waals surface area contributed by atoms with E-state index in [2.05, 4.69) is 6.07 Å². The van der Waals surface area contributed by atoms with Crippen molar-refractivity contribution in [2.75, 3.05) is 11.4 Å². The molecule has 1 rings (SSSR count). The largest absolute Gasteiger partial charge is 0.275 e. The van der Waals surface area contributed by atoms with Crippen molar-refractivity contribution in [1.82, 2.24) is 0 Å². The van der Waals surface area contributed by atoms with Crippen molar-refractivity contribution in [1.29, 1.82) is 0 Å². The topological polar surface area (TPSA) is 37.4 Å². The molecule has 0 saturated heterocycles. The molecule has 0 aliphatic heterocycles. The highest BCUT2D eigenvalue weighted by Crippen LogP contribution is 2.09.